The zero-order chi connectivity index (χ0) is 20.9. The van der Waals surface area contributed by atoms with E-state index in [0.29, 0.717) is 5.75 Å². The van der Waals surface area contributed by atoms with Crippen molar-refractivity contribution in [1.29, 1.82) is 0 Å². The van der Waals surface area contributed by atoms with Gasteiger partial charge in [0.15, 0.2) is 0 Å². The average molecular weight is 418 g/mol. The molecule has 0 aromatic heterocycles. The molecule has 0 bridgehead atoms. The van der Waals surface area contributed by atoms with Gasteiger partial charge in [0.1, 0.15) is 6.61 Å². The molecule has 30 heavy (non-hydrogen) atoms. The topological polar surface area (TPSA) is 55.4 Å². The fourth-order valence-electron chi connectivity index (χ4n) is 3.73. The first-order chi connectivity index (χ1) is 14.6. The van der Waals surface area contributed by atoms with Crippen molar-refractivity contribution < 1.29 is 14.3 Å². The third kappa shape index (κ3) is 4.41. The Morgan fingerprint density at radius 2 is 1.47 bits per heavy atom. The van der Waals surface area contributed by atoms with Crippen LogP contribution in [0.5, 0.6) is 0 Å². The van der Waals surface area contributed by atoms with Gasteiger partial charge >= 0.3 is 6.09 Å². The molecule has 1 N–H and O–H groups in total. The van der Waals surface area contributed by atoms with Gasteiger partial charge in [-0.25, -0.2) is 4.79 Å². The molecule has 152 valence electrons. The van der Waals surface area contributed by atoms with E-state index in [1.54, 1.807) is 6.92 Å². The number of benzene rings is 3. The van der Waals surface area contributed by atoms with E-state index in [-0.39, 0.29) is 17.6 Å². The summed E-state index contributed by atoms with van der Waals surface area (Å²) < 4.78 is 5.51. The molecular weight excluding hydrogens is 394 g/mol. The third-order valence-corrected chi connectivity index (χ3v) is 6.37. The molecule has 1 aliphatic carbocycles. The maximum Gasteiger partial charge on any atom is 0.407 e. The summed E-state index contributed by atoms with van der Waals surface area (Å²) in [5, 5.41) is 2.57. The predicted molar refractivity (Wildman–Crippen MR) is 120 cm³/mol. The number of fused-ring (bicyclic) bond motifs is 3. The number of amides is 1. The van der Waals surface area contributed by atoms with Crippen LogP contribution in [0.4, 0.5) is 4.79 Å². The maximum atomic E-state index is 12.3. The van der Waals surface area contributed by atoms with E-state index >= 15 is 0 Å². The average Bonchev–Trinajstić information content (AvgIpc) is 3.10. The highest BCUT2D eigenvalue weighted by Gasteiger charge is 2.29. The molecule has 1 atom stereocenters. The normalized spacial score (nSPS) is 13.2. The zero-order valence-corrected chi connectivity index (χ0v) is 17.5. The molecule has 5 heteroatoms. The van der Waals surface area contributed by atoms with Gasteiger partial charge < -0.3 is 10.1 Å². The van der Waals surface area contributed by atoms with Gasteiger partial charge in [-0.3, -0.25) is 4.79 Å². The van der Waals surface area contributed by atoms with Crippen molar-refractivity contribution in [3.8, 4) is 11.1 Å². The van der Waals surface area contributed by atoms with Gasteiger partial charge in [0.05, 0.1) is 6.04 Å². The first kappa shape index (κ1) is 20.2. The lowest BCUT2D eigenvalue weighted by atomic mass is 9.98. The number of alkyl carbamates (subject to hydrolysis) is 1. The summed E-state index contributed by atoms with van der Waals surface area (Å²) in [6.45, 7) is 1.92. The molecule has 0 aliphatic heterocycles. The second-order valence-corrected chi connectivity index (χ2v) is 8.26. The lowest BCUT2D eigenvalue weighted by Crippen LogP contribution is -2.38. The molecule has 0 spiro atoms. The van der Waals surface area contributed by atoms with Crippen LogP contribution in [0.15, 0.2) is 78.9 Å². The van der Waals surface area contributed by atoms with Crippen molar-refractivity contribution >= 4 is 23.0 Å². The van der Waals surface area contributed by atoms with Crippen molar-refractivity contribution in [2.45, 2.75) is 24.6 Å². The van der Waals surface area contributed by atoms with E-state index in [2.05, 4.69) is 29.6 Å². The van der Waals surface area contributed by atoms with Crippen molar-refractivity contribution in [1.82, 2.24) is 5.32 Å². The summed E-state index contributed by atoms with van der Waals surface area (Å²) in [7, 11) is 0. The molecule has 3 aromatic rings. The number of carbonyl (C=O) groups is 2. The molecule has 0 radical (unpaired) electrons. The Labute approximate surface area is 180 Å². The maximum absolute atomic E-state index is 12.3. The summed E-state index contributed by atoms with van der Waals surface area (Å²) in [6.07, 6.45) is -0.571. The summed E-state index contributed by atoms with van der Waals surface area (Å²) in [5.41, 5.74) is 5.76. The number of carbonyl (C=O) groups excluding carboxylic acids is 2. The van der Waals surface area contributed by atoms with Gasteiger partial charge in [-0.15, -0.1) is 0 Å². The number of nitrogens with one attached hydrogen (secondary N) is 1. The van der Waals surface area contributed by atoms with Crippen LogP contribution in [0, 0.1) is 0 Å². The minimum Gasteiger partial charge on any atom is -0.449 e. The standard InChI is InChI=1S/C25H23NO3S/c1-17(24(27)30-16-18-9-3-2-4-10-18)26-25(28)29-15-23-21-13-7-5-11-19(21)20-12-6-8-14-22(20)23/h2-14,17,23H,15-16H2,1H3,(H,26,28)/t17-/m0/s1. The molecule has 3 aromatic carbocycles. The SMILES string of the molecule is C[C@H](NC(=O)OCC1c2ccccc2-c2ccccc21)C(=O)SCc1ccccc1. The second-order valence-electron chi connectivity index (χ2n) is 7.28. The van der Waals surface area contributed by atoms with Crippen molar-refractivity contribution in [3.63, 3.8) is 0 Å². The van der Waals surface area contributed by atoms with Crippen molar-refractivity contribution in [2.24, 2.45) is 0 Å². The summed E-state index contributed by atoms with van der Waals surface area (Å²) >= 11 is 1.20. The Balaban J connectivity index is 1.32. The highest BCUT2D eigenvalue weighted by molar-refractivity contribution is 8.13. The van der Waals surface area contributed by atoms with E-state index < -0.39 is 12.1 Å². The van der Waals surface area contributed by atoms with Crippen molar-refractivity contribution in [3.05, 3.63) is 95.6 Å². The Hall–Kier alpha value is -3.05. The van der Waals surface area contributed by atoms with E-state index in [1.807, 2.05) is 54.6 Å². The molecule has 0 saturated carbocycles. The van der Waals surface area contributed by atoms with Gasteiger partial charge in [-0.1, -0.05) is 90.6 Å². The Bertz CT molecular complexity index is 1010. The van der Waals surface area contributed by atoms with Gasteiger partial charge in [0.25, 0.3) is 0 Å². The van der Waals surface area contributed by atoms with E-state index in [1.165, 1.54) is 22.9 Å². The van der Waals surface area contributed by atoms with Gasteiger partial charge in [0, 0.05) is 11.7 Å². The van der Waals surface area contributed by atoms with Gasteiger partial charge in [-0.05, 0) is 34.7 Å². The fourth-order valence-corrected chi connectivity index (χ4v) is 4.54. The summed E-state index contributed by atoms with van der Waals surface area (Å²) in [4.78, 5) is 24.7. The lowest BCUT2D eigenvalue weighted by Gasteiger charge is -2.16. The van der Waals surface area contributed by atoms with E-state index in [9.17, 15) is 9.59 Å². The van der Waals surface area contributed by atoms with E-state index in [0.717, 1.165) is 16.7 Å². The van der Waals surface area contributed by atoms with Crippen LogP contribution in [0.1, 0.15) is 29.5 Å². The zero-order valence-electron chi connectivity index (χ0n) is 16.7. The second kappa shape index (κ2) is 9.18. The first-order valence-electron chi connectivity index (χ1n) is 9.95. The monoisotopic (exact) mass is 417 g/mol. The number of thioether (sulfide) groups is 1. The Morgan fingerprint density at radius 3 is 2.10 bits per heavy atom. The molecule has 0 heterocycles. The first-order valence-corrected chi connectivity index (χ1v) is 10.9. The van der Waals surface area contributed by atoms with Crippen LogP contribution in [-0.4, -0.2) is 23.9 Å². The van der Waals surface area contributed by atoms with Crippen LogP contribution in [0.2, 0.25) is 0 Å². The van der Waals surface area contributed by atoms with Crippen LogP contribution in [-0.2, 0) is 15.3 Å². The summed E-state index contributed by atoms with van der Waals surface area (Å²) in [5.74, 6) is 0.581. The minimum atomic E-state index is -0.616. The van der Waals surface area contributed by atoms with Crippen LogP contribution >= 0.6 is 11.8 Å². The van der Waals surface area contributed by atoms with Crippen molar-refractivity contribution in [2.75, 3.05) is 6.61 Å². The molecule has 0 fully saturated rings. The number of hydrogen-bond acceptors (Lipinski definition) is 4. The summed E-state index contributed by atoms with van der Waals surface area (Å²) in [6, 6.07) is 25.6. The molecule has 4 rings (SSSR count). The fraction of sp³-hybridized carbons (Fsp3) is 0.200. The molecule has 1 amide bonds. The molecule has 1 aliphatic rings. The predicted octanol–water partition coefficient (Wildman–Crippen LogP) is 5.37. The van der Waals surface area contributed by atoms with Gasteiger partial charge in [-0.2, -0.15) is 0 Å². The highest BCUT2D eigenvalue weighted by Crippen LogP contribution is 2.44. The molecular formula is C25H23NO3S. The number of rotatable bonds is 6. The van der Waals surface area contributed by atoms with E-state index in [4.69, 9.17) is 4.74 Å². The highest BCUT2D eigenvalue weighted by atomic mass is 32.2. The van der Waals surface area contributed by atoms with Crippen LogP contribution < -0.4 is 5.32 Å². The Kier molecular flexibility index (Phi) is 6.19. The quantitative estimate of drug-likeness (QED) is 0.586. The molecule has 0 unspecified atom stereocenters. The minimum absolute atomic E-state index is 0.00149. The van der Waals surface area contributed by atoms with Gasteiger partial charge in [0.2, 0.25) is 5.12 Å². The number of ether oxygens (including phenoxy) is 1. The largest absolute Gasteiger partial charge is 0.449 e. The molecule has 0 saturated heterocycles. The third-order valence-electron chi connectivity index (χ3n) is 5.26. The van der Waals surface area contributed by atoms with Crippen LogP contribution in [0.3, 0.4) is 0 Å². The number of hydrogen-bond donors (Lipinski definition) is 1. The Morgan fingerprint density at radius 1 is 0.900 bits per heavy atom. The lowest BCUT2D eigenvalue weighted by molar-refractivity contribution is -0.112. The van der Waals surface area contributed by atoms with Crippen LogP contribution in [0.25, 0.3) is 11.1 Å². The molecule has 4 nitrogen and oxygen atoms in total. The smallest absolute Gasteiger partial charge is 0.407 e.